The number of nitrogens with one attached hydrogen (secondary N) is 1. The molecule has 0 fully saturated rings. The van der Waals surface area contributed by atoms with Gasteiger partial charge in [-0.15, -0.1) is 0 Å². The van der Waals surface area contributed by atoms with E-state index in [-0.39, 0.29) is 5.56 Å². The van der Waals surface area contributed by atoms with Crippen LogP contribution in [0.5, 0.6) is 0 Å². The third-order valence-corrected chi connectivity index (χ3v) is 3.84. The largest absolute Gasteiger partial charge is 0.268 e. The van der Waals surface area contributed by atoms with E-state index in [1.54, 1.807) is 18.5 Å². The van der Waals surface area contributed by atoms with E-state index in [1.165, 1.54) is 0 Å². The minimum Gasteiger partial charge on any atom is -0.268 e. The molecule has 0 aliphatic heterocycles. The molecular formula is C19H13N3O. The Bertz CT molecular complexity index is 1030. The molecule has 2 heterocycles. The third kappa shape index (κ3) is 2.40. The predicted octanol–water partition coefficient (Wildman–Crippen LogP) is 3.65. The molecule has 0 aliphatic rings. The number of nitrogens with zero attached hydrogens (tertiary/aromatic N) is 2. The van der Waals surface area contributed by atoms with Gasteiger partial charge in [-0.25, -0.2) is 5.10 Å². The fourth-order valence-corrected chi connectivity index (χ4v) is 2.79. The maximum atomic E-state index is 11.8. The molecule has 4 heteroatoms. The molecule has 0 bridgehead atoms. The third-order valence-electron chi connectivity index (χ3n) is 3.84. The van der Waals surface area contributed by atoms with Crippen molar-refractivity contribution in [1.29, 1.82) is 0 Å². The molecule has 0 unspecified atom stereocenters. The van der Waals surface area contributed by atoms with E-state index in [2.05, 4.69) is 33.4 Å². The molecular weight excluding hydrogens is 286 g/mol. The number of hydrogen-bond acceptors (Lipinski definition) is 3. The lowest BCUT2D eigenvalue weighted by Gasteiger charge is -2.10. The maximum Gasteiger partial charge on any atom is 0.264 e. The first kappa shape index (κ1) is 13.4. The van der Waals surface area contributed by atoms with Crippen LogP contribution in [0.1, 0.15) is 0 Å². The Morgan fingerprint density at radius 3 is 2.48 bits per heavy atom. The van der Waals surface area contributed by atoms with Crippen molar-refractivity contribution < 1.29 is 0 Å². The molecule has 0 saturated heterocycles. The highest BCUT2D eigenvalue weighted by Crippen LogP contribution is 2.33. The van der Waals surface area contributed by atoms with Crippen molar-refractivity contribution in [3.63, 3.8) is 0 Å². The number of rotatable bonds is 2. The fourth-order valence-electron chi connectivity index (χ4n) is 2.79. The van der Waals surface area contributed by atoms with Gasteiger partial charge in [0.2, 0.25) is 0 Å². The first-order valence-electron chi connectivity index (χ1n) is 7.31. The number of hydrogen-bond donors (Lipinski definition) is 1. The summed E-state index contributed by atoms with van der Waals surface area (Å²) in [5.41, 5.74) is 3.24. The highest BCUT2D eigenvalue weighted by Gasteiger charge is 2.12. The first-order chi connectivity index (χ1) is 11.3. The Balaban J connectivity index is 2.04. The molecule has 4 aromatic rings. The van der Waals surface area contributed by atoms with Crippen LogP contribution < -0.4 is 5.56 Å². The van der Waals surface area contributed by atoms with Crippen molar-refractivity contribution in [3.8, 4) is 22.4 Å². The van der Waals surface area contributed by atoms with Crippen molar-refractivity contribution >= 4 is 10.8 Å². The summed E-state index contributed by atoms with van der Waals surface area (Å²) in [6.07, 6.45) is 3.42. The molecule has 110 valence electrons. The van der Waals surface area contributed by atoms with Crippen LogP contribution in [0.4, 0.5) is 0 Å². The second kappa shape index (κ2) is 5.50. The zero-order valence-electron chi connectivity index (χ0n) is 12.2. The molecule has 4 rings (SSSR count). The normalized spacial score (nSPS) is 10.8. The Hall–Kier alpha value is -3.27. The van der Waals surface area contributed by atoms with Gasteiger partial charge in [-0.2, -0.15) is 5.10 Å². The van der Waals surface area contributed by atoms with Crippen LogP contribution in [0.3, 0.4) is 0 Å². The molecule has 1 N–H and O–H groups in total. The van der Waals surface area contributed by atoms with E-state index >= 15 is 0 Å². The lowest BCUT2D eigenvalue weighted by Crippen LogP contribution is -2.08. The summed E-state index contributed by atoms with van der Waals surface area (Å²) in [5, 5.41) is 9.11. The zero-order chi connectivity index (χ0) is 15.6. The SMILES string of the molecule is O=c1cc(-c2ccncc2)c(-c2cccc3ccccc23)n[nH]1. The molecule has 0 atom stereocenters. The van der Waals surface area contributed by atoms with Crippen molar-refractivity contribution in [2.24, 2.45) is 0 Å². The van der Waals surface area contributed by atoms with Gasteiger partial charge in [0.1, 0.15) is 0 Å². The summed E-state index contributed by atoms with van der Waals surface area (Å²) >= 11 is 0. The molecule has 0 amide bonds. The number of aromatic amines is 1. The van der Waals surface area contributed by atoms with Crippen molar-refractivity contribution in [1.82, 2.24) is 15.2 Å². The second-order valence-electron chi connectivity index (χ2n) is 5.26. The molecule has 0 radical (unpaired) electrons. The van der Waals surface area contributed by atoms with Crippen LogP contribution in [0.25, 0.3) is 33.2 Å². The van der Waals surface area contributed by atoms with Gasteiger partial charge >= 0.3 is 0 Å². The summed E-state index contributed by atoms with van der Waals surface area (Å²) in [6.45, 7) is 0. The quantitative estimate of drug-likeness (QED) is 0.614. The fraction of sp³-hybridized carbons (Fsp3) is 0. The van der Waals surface area contributed by atoms with E-state index in [0.717, 1.165) is 33.2 Å². The Morgan fingerprint density at radius 1 is 0.826 bits per heavy atom. The zero-order valence-corrected chi connectivity index (χ0v) is 12.2. The van der Waals surface area contributed by atoms with Gasteiger partial charge in [0.05, 0.1) is 5.69 Å². The molecule has 2 aromatic heterocycles. The predicted molar refractivity (Wildman–Crippen MR) is 91.0 cm³/mol. The minimum atomic E-state index is -0.221. The maximum absolute atomic E-state index is 11.8. The molecule has 4 nitrogen and oxygen atoms in total. The monoisotopic (exact) mass is 299 g/mol. The molecule has 0 aliphatic carbocycles. The van der Waals surface area contributed by atoms with Gasteiger partial charge in [-0.3, -0.25) is 9.78 Å². The smallest absolute Gasteiger partial charge is 0.264 e. The molecule has 0 saturated carbocycles. The summed E-state index contributed by atoms with van der Waals surface area (Å²) in [4.78, 5) is 15.8. The summed E-state index contributed by atoms with van der Waals surface area (Å²) < 4.78 is 0. The molecule has 23 heavy (non-hydrogen) atoms. The molecule has 2 aromatic carbocycles. The van der Waals surface area contributed by atoms with Crippen molar-refractivity contribution in [3.05, 3.63) is 83.4 Å². The van der Waals surface area contributed by atoms with E-state index in [9.17, 15) is 4.79 Å². The van der Waals surface area contributed by atoms with Crippen LogP contribution in [-0.4, -0.2) is 15.2 Å². The number of H-pyrrole nitrogens is 1. The number of fused-ring (bicyclic) bond motifs is 1. The minimum absolute atomic E-state index is 0.221. The van der Waals surface area contributed by atoms with Gasteiger partial charge in [-0.05, 0) is 28.5 Å². The average molecular weight is 299 g/mol. The van der Waals surface area contributed by atoms with Crippen LogP contribution in [-0.2, 0) is 0 Å². The van der Waals surface area contributed by atoms with Gasteiger partial charge in [0, 0.05) is 29.6 Å². The van der Waals surface area contributed by atoms with Crippen LogP contribution in [0.2, 0.25) is 0 Å². The van der Waals surface area contributed by atoms with Crippen molar-refractivity contribution in [2.75, 3.05) is 0 Å². The van der Waals surface area contributed by atoms with Gasteiger partial charge in [0.25, 0.3) is 5.56 Å². The lowest BCUT2D eigenvalue weighted by atomic mass is 9.96. The van der Waals surface area contributed by atoms with Gasteiger partial charge in [0.15, 0.2) is 0 Å². The summed E-state index contributed by atoms with van der Waals surface area (Å²) in [6, 6.07) is 19.6. The number of aromatic nitrogens is 3. The van der Waals surface area contributed by atoms with E-state index < -0.39 is 0 Å². The topological polar surface area (TPSA) is 58.6 Å². The van der Waals surface area contributed by atoms with E-state index in [1.807, 2.05) is 36.4 Å². The Morgan fingerprint density at radius 2 is 1.61 bits per heavy atom. The van der Waals surface area contributed by atoms with E-state index in [4.69, 9.17) is 0 Å². The highest BCUT2D eigenvalue weighted by molar-refractivity contribution is 5.98. The second-order valence-corrected chi connectivity index (χ2v) is 5.26. The number of benzene rings is 2. The van der Waals surface area contributed by atoms with Crippen LogP contribution in [0, 0.1) is 0 Å². The van der Waals surface area contributed by atoms with Crippen LogP contribution in [0.15, 0.2) is 77.9 Å². The Kier molecular flexibility index (Phi) is 3.20. The first-order valence-corrected chi connectivity index (χ1v) is 7.31. The van der Waals surface area contributed by atoms with Crippen LogP contribution >= 0.6 is 0 Å². The average Bonchev–Trinajstić information content (AvgIpc) is 2.62. The lowest BCUT2D eigenvalue weighted by molar-refractivity contribution is 0.998. The van der Waals surface area contributed by atoms with Crippen molar-refractivity contribution in [2.45, 2.75) is 0 Å². The molecule has 0 spiro atoms. The number of pyridine rings is 1. The van der Waals surface area contributed by atoms with Gasteiger partial charge in [-0.1, -0.05) is 42.5 Å². The Labute approximate surface area is 132 Å². The highest BCUT2D eigenvalue weighted by atomic mass is 16.1. The summed E-state index contributed by atoms with van der Waals surface area (Å²) in [7, 11) is 0. The van der Waals surface area contributed by atoms with Gasteiger partial charge < -0.3 is 0 Å². The standard InChI is InChI=1S/C19H13N3O/c23-18-12-17(14-8-10-20-11-9-14)19(22-21-18)16-7-3-5-13-4-1-2-6-15(13)16/h1-12H,(H,21,23). The summed E-state index contributed by atoms with van der Waals surface area (Å²) in [5.74, 6) is 0. The van der Waals surface area contributed by atoms with E-state index in [0.29, 0.717) is 0 Å².